The normalized spacial score (nSPS) is 10.7. The van der Waals surface area contributed by atoms with Gasteiger partial charge in [-0.3, -0.25) is 0 Å². The molecular weight excluding hydrogens is 243 g/mol. The third-order valence-electron chi connectivity index (χ3n) is 3.10. The highest BCUT2D eigenvalue weighted by atomic mass is 19.1. The van der Waals surface area contributed by atoms with Crippen molar-refractivity contribution in [1.29, 1.82) is 0 Å². The molecular formula is C15H25FN2O. The summed E-state index contributed by atoms with van der Waals surface area (Å²) in [5.74, 6) is -0.184. The Morgan fingerprint density at radius 1 is 1.37 bits per heavy atom. The molecule has 0 atom stereocenters. The standard InChI is InChI=1S/C15H25FN2O/c1-4-5-9-18(2)15-7-6-14(16)11-13(15)12-17-8-10-19-3/h6-7,11,17H,4-5,8-10,12H2,1-3H3. The van der Waals surface area contributed by atoms with Gasteiger partial charge in [-0.25, -0.2) is 4.39 Å². The second kappa shape index (κ2) is 8.88. The molecule has 0 amide bonds. The lowest BCUT2D eigenvalue weighted by Crippen LogP contribution is -2.23. The van der Waals surface area contributed by atoms with Crippen LogP contribution < -0.4 is 10.2 Å². The van der Waals surface area contributed by atoms with Gasteiger partial charge < -0.3 is 15.0 Å². The number of benzene rings is 1. The highest BCUT2D eigenvalue weighted by Gasteiger charge is 2.08. The maximum absolute atomic E-state index is 13.4. The van der Waals surface area contributed by atoms with Crippen molar-refractivity contribution in [3.8, 4) is 0 Å². The molecule has 1 rings (SSSR count). The number of nitrogens with zero attached hydrogens (tertiary/aromatic N) is 1. The Morgan fingerprint density at radius 3 is 2.84 bits per heavy atom. The summed E-state index contributed by atoms with van der Waals surface area (Å²) in [5, 5.41) is 3.26. The van der Waals surface area contributed by atoms with Gasteiger partial charge in [0, 0.05) is 39.5 Å². The molecule has 0 bridgehead atoms. The molecule has 0 aliphatic rings. The van der Waals surface area contributed by atoms with Crippen LogP contribution in [0.4, 0.5) is 10.1 Å². The first-order chi connectivity index (χ1) is 9.19. The van der Waals surface area contributed by atoms with E-state index in [0.29, 0.717) is 13.2 Å². The van der Waals surface area contributed by atoms with Crippen LogP contribution in [0.25, 0.3) is 0 Å². The second-order valence-electron chi connectivity index (χ2n) is 4.72. The molecule has 108 valence electrons. The molecule has 0 aliphatic heterocycles. The lowest BCUT2D eigenvalue weighted by atomic mass is 10.1. The SMILES string of the molecule is CCCCN(C)c1ccc(F)cc1CNCCOC. The molecule has 4 heteroatoms. The smallest absolute Gasteiger partial charge is 0.123 e. The highest BCUT2D eigenvalue weighted by Crippen LogP contribution is 2.21. The van der Waals surface area contributed by atoms with Crippen molar-refractivity contribution in [2.75, 3.05) is 38.8 Å². The first-order valence-electron chi connectivity index (χ1n) is 6.88. The van der Waals surface area contributed by atoms with Gasteiger partial charge in [-0.1, -0.05) is 13.3 Å². The lowest BCUT2D eigenvalue weighted by molar-refractivity contribution is 0.199. The van der Waals surface area contributed by atoms with Crippen molar-refractivity contribution >= 4 is 5.69 Å². The van der Waals surface area contributed by atoms with Crippen LogP contribution in [0, 0.1) is 5.82 Å². The van der Waals surface area contributed by atoms with Crippen LogP contribution in [0.15, 0.2) is 18.2 Å². The van der Waals surface area contributed by atoms with Gasteiger partial charge in [-0.15, -0.1) is 0 Å². The van der Waals surface area contributed by atoms with Crippen LogP contribution in [0.1, 0.15) is 25.3 Å². The maximum Gasteiger partial charge on any atom is 0.123 e. The molecule has 0 aromatic heterocycles. The van der Waals surface area contributed by atoms with Crippen molar-refractivity contribution in [2.24, 2.45) is 0 Å². The Balaban J connectivity index is 2.67. The van der Waals surface area contributed by atoms with E-state index in [2.05, 4.69) is 24.2 Å². The molecule has 1 aromatic rings. The molecule has 1 aromatic carbocycles. The molecule has 0 radical (unpaired) electrons. The molecule has 0 unspecified atom stereocenters. The van der Waals surface area contributed by atoms with Gasteiger partial charge in [0.25, 0.3) is 0 Å². The summed E-state index contributed by atoms with van der Waals surface area (Å²) in [4.78, 5) is 2.19. The minimum atomic E-state index is -0.184. The summed E-state index contributed by atoms with van der Waals surface area (Å²) in [6.07, 6.45) is 2.30. The fraction of sp³-hybridized carbons (Fsp3) is 0.600. The largest absolute Gasteiger partial charge is 0.383 e. The monoisotopic (exact) mass is 268 g/mol. The molecule has 0 aliphatic carbocycles. The molecule has 0 saturated heterocycles. The van der Waals surface area contributed by atoms with Gasteiger partial charge in [-0.05, 0) is 30.2 Å². The topological polar surface area (TPSA) is 24.5 Å². The van der Waals surface area contributed by atoms with E-state index >= 15 is 0 Å². The summed E-state index contributed by atoms with van der Waals surface area (Å²) in [5.41, 5.74) is 2.09. The number of ether oxygens (including phenoxy) is 1. The van der Waals surface area contributed by atoms with E-state index in [-0.39, 0.29) is 5.82 Å². The van der Waals surface area contributed by atoms with Gasteiger partial charge in [0.1, 0.15) is 5.82 Å². The lowest BCUT2D eigenvalue weighted by Gasteiger charge is -2.22. The van der Waals surface area contributed by atoms with Crippen molar-refractivity contribution in [3.05, 3.63) is 29.6 Å². The Kier molecular flexibility index (Phi) is 7.45. The van der Waals surface area contributed by atoms with Gasteiger partial charge in [0.05, 0.1) is 6.61 Å². The quantitative estimate of drug-likeness (QED) is 0.697. The Morgan fingerprint density at radius 2 is 2.16 bits per heavy atom. The van der Waals surface area contributed by atoms with Crippen molar-refractivity contribution in [3.63, 3.8) is 0 Å². The van der Waals surface area contributed by atoms with Gasteiger partial charge in [-0.2, -0.15) is 0 Å². The summed E-state index contributed by atoms with van der Waals surface area (Å²) in [6, 6.07) is 4.99. The predicted molar refractivity (Wildman–Crippen MR) is 78.2 cm³/mol. The zero-order valence-corrected chi connectivity index (χ0v) is 12.2. The number of anilines is 1. The second-order valence-corrected chi connectivity index (χ2v) is 4.72. The van der Waals surface area contributed by atoms with Gasteiger partial charge in [0.2, 0.25) is 0 Å². The minimum Gasteiger partial charge on any atom is -0.383 e. The minimum absolute atomic E-state index is 0.184. The summed E-state index contributed by atoms with van der Waals surface area (Å²) < 4.78 is 18.4. The summed E-state index contributed by atoms with van der Waals surface area (Å²) in [6.45, 7) is 5.26. The van der Waals surface area contributed by atoms with Crippen LogP contribution in [0.3, 0.4) is 0 Å². The number of rotatable bonds is 9. The Labute approximate surface area is 115 Å². The zero-order valence-electron chi connectivity index (χ0n) is 12.2. The van der Waals surface area contributed by atoms with E-state index in [9.17, 15) is 4.39 Å². The number of hydrogen-bond donors (Lipinski definition) is 1. The molecule has 19 heavy (non-hydrogen) atoms. The number of hydrogen-bond acceptors (Lipinski definition) is 3. The van der Waals surface area contributed by atoms with E-state index < -0.39 is 0 Å². The summed E-state index contributed by atoms with van der Waals surface area (Å²) in [7, 11) is 3.73. The Hall–Kier alpha value is -1.13. The molecule has 0 spiro atoms. The fourth-order valence-electron chi connectivity index (χ4n) is 1.98. The Bertz CT molecular complexity index is 371. The molecule has 0 fully saturated rings. The van der Waals surface area contributed by atoms with Crippen molar-refractivity contribution in [1.82, 2.24) is 5.32 Å². The number of methoxy groups -OCH3 is 1. The third kappa shape index (κ3) is 5.57. The van der Waals surface area contributed by atoms with E-state index in [1.807, 2.05) is 6.07 Å². The van der Waals surface area contributed by atoms with Gasteiger partial charge >= 0.3 is 0 Å². The highest BCUT2D eigenvalue weighted by molar-refractivity contribution is 5.53. The predicted octanol–water partition coefficient (Wildman–Crippen LogP) is 2.80. The molecule has 0 heterocycles. The number of halogens is 1. The van der Waals surface area contributed by atoms with Crippen molar-refractivity contribution in [2.45, 2.75) is 26.3 Å². The van der Waals surface area contributed by atoms with Crippen LogP contribution in [0.5, 0.6) is 0 Å². The first-order valence-corrected chi connectivity index (χ1v) is 6.88. The van der Waals surface area contributed by atoms with E-state index in [1.54, 1.807) is 13.2 Å². The van der Waals surface area contributed by atoms with Crippen molar-refractivity contribution < 1.29 is 9.13 Å². The third-order valence-corrected chi connectivity index (χ3v) is 3.10. The fourth-order valence-corrected chi connectivity index (χ4v) is 1.98. The number of unbranched alkanes of at least 4 members (excludes halogenated alkanes) is 1. The van der Waals surface area contributed by atoms with E-state index in [1.165, 1.54) is 6.07 Å². The number of nitrogens with one attached hydrogen (secondary N) is 1. The first kappa shape index (κ1) is 15.9. The van der Waals surface area contributed by atoms with Crippen LogP contribution in [-0.2, 0) is 11.3 Å². The van der Waals surface area contributed by atoms with E-state index in [4.69, 9.17) is 4.74 Å². The van der Waals surface area contributed by atoms with Gasteiger partial charge in [0.15, 0.2) is 0 Å². The summed E-state index contributed by atoms with van der Waals surface area (Å²) >= 11 is 0. The molecule has 3 nitrogen and oxygen atoms in total. The average molecular weight is 268 g/mol. The maximum atomic E-state index is 13.4. The average Bonchev–Trinajstić information content (AvgIpc) is 2.41. The molecule has 1 N–H and O–H groups in total. The molecule has 0 saturated carbocycles. The van der Waals surface area contributed by atoms with Crippen LogP contribution in [0.2, 0.25) is 0 Å². The van der Waals surface area contributed by atoms with Crippen LogP contribution >= 0.6 is 0 Å². The van der Waals surface area contributed by atoms with Crippen LogP contribution in [-0.4, -0.2) is 33.9 Å². The van der Waals surface area contributed by atoms with E-state index in [0.717, 1.165) is 37.2 Å². The zero-order chi connectivity index (χ0) is 14.1.